The molecule has 1 fully saturated rings. The third-order valence-corrected chi connectivity index (χ3v) is 7.45. The Morgan fingerprint density at radius 1 is 1.18 bits per heavy atom. The maximum atomic E-state index is 14.2. The lowest BCUT2D eigenvalue weighted by Crippen LogP contribution is -2.58. The summed E-state index contributed by atoms with van der Waals surface area (Å²) in [7, 11) is 1.75. The highest BCUT2D eigenvalue weighted by Gasteiger charge is 2.39. The molecule has 1 saturated heterocycles. The third kappa shape index (κ3) is 6.88. The van der Waals surface area contributed by atoms with Crippen LogP contribution < -0.4 is 5.32 Å². The molecular formula is C29H34F2N4O4. The minimum atomic E-state index is -0.832. The van der Waals surface area contributed by atoms with Gasteiger partial charge in [-0.2, -0.15) is 0 Å². The van der Waals surface area contributed by atoms with Crippen LogP contribution in [0.15, 0.2) is 59.1 Å². The first kappa shape index (κ1) is 28.4. The molecule has 1 aliphatic heterocycles. The zero-order chi connectivity index (χ0) is 28.1. The normalized spacial score (nSPS) is 19.3. The van der Waals surface area contributed by atoms with Gasteiger partial charge in [0.2, 0.25) is 5.91 Å². The molecule has 10 heteroatoms. The van der Waals surface area contributed by atoms with Crippen LogP contribution in [0.3, 0.4) is 0 Å². The van der Waals surface area contributed by atoms with Crippen LogP contribution >= 0.6 is 0 Å². The minimum absolute atomic E-state index is 0.00787. The second kappa shape index (κ2) is 12.5. The second-order valence-corrected chi connectivity index (χ2v) is 10.1. The van der Waals surface area contributed by atoms with Crippen LogP contribution in [0.2, 0.25) is 0 Å². The summed E-state index contributed by atoms with van der Waals surface area (Å²) < 4.78 is 32.6. The van der Waals surface area contributed by atoms with E-state index >= 15 is 0 Å². The van der Waals surface area contributed by atoms with Crippen LogP contribution in [0.1, 0.15) is 36.3 Å². The molecule has 1 aromatic heterocycles. The quantitative estimate of drug-likeness (QED) is 0.431. The summed E-state index contributed by atoms with van der Waals surface area (Å²) >= 11 is 0. The Morgan fingerprint density at radius 3 is 2.62 bits per heavy atom. The number of amides is 2. The van der Waals surface area contributed by atoms with Gasteiger partial charge in [0, 0.05) is 50.9 Å². The number of likely N-dealkylation sites (N-methyl/N-ethyl adjacent to an activating group) is 1. The topological polar surface area (TPSA) is 98.9 Å². The lowest BCUT2D eigenvalue weighted by molar-refractivity contribution is -0.137. The summed E-state index contributed by atoms with van der Waals surface area (Å²) in [5.74, 6) is -2.78. The standard InChI is InChI=1S/C29H34F2N4O4/c1-18(19(2)36)35-14-12-25(23(17-35)29(38)34(3)13-11-20-7-5-4-6-8-20)32-28(37)26-16-27(39-33-26)22-10-9-21(30)15-24(22)31/h4-10,15-16,18-19,23,25,36H,11-14,17H2,1-3H3,(H,32,37)/t18-,19+,23+,25+/m1/s1. The third-order valence-electron chi connectivity index (χ3n) is 7.45. The van der Waals surface area contributed by atoms with Gasteiger partial charge < -0.3 is 19.8 Å². The summed E-state index contributed by atoms with van der Waals surface area (Å²) in [6, 6.07) is 13.6. The van der Waals surface area contributed by atoms with Crippen molar-refractivity contribution in [2.45, 2.75) is 44.9 Å². The van der Waals surface area contributed by atoms with Gasteiger partial charge in [0.1, 0.15) is 11.6 Å². The number of rotatable bonds is 9. The van der Waals surface area contributed by atoms with Gasteiger partial charge in [-0.1, -0.05) is 35.5 Å². The lowest BCUT2D eigenvalue weighted by Gasteiger charge is -2.42. The second-order valence-electron chi connectivity index (χ2n) is 10.1. The number of aliphatic hydroxyl groups excluding tert-OH is 1. The van der Waals surface area contributed by atoms with Crippen LogP contribution in [0.5, 0.6) is 0 Å². The number of aromatic nitrogens is 1. The number of aliphatic hydroxyl groups is 1. The highest BCUT2D eigenvalue weighted by atomic mass is 19.1. The number of hydrogen-bond donors (Lipinski definition) is 2. The van der Waals surface area contributed by atoms with Crippen molar-refractivity contribution >= 4 is 11.8 Å². The van der Waals surface area contributed by atoms with Crippen molar-refractivity contribution in [3.8, 4) is 11.3 Å². The molecule has 1 aliphatic rings. The number of hydrogen-bond acceptors (Lipinski definition) is 6. The van der Waals surface area contributed by atoms with Crippen molar-refractivity contribution in [3.63, 3.8) is 0 Å². The molecule has 2 aromatic carbocycles. The Labute approximate surface area is 226 Å². The average Bonchev–Trinajstić information content (AvgIpc) is 3.42. The predicted octanol–water partition coefficient (Wildman–Crippen LogP) is 3.51. The number of carbonyl (C=O) groups excluding carboxylic acids is 2. The van der Waals surface area contributed by atoms with Gasteiger partial charge in [-0.15, -0.1) is 0 Å². The Balaban J connectivity index is 1.48. The minimum Gasteiger partial charge on any atom is -0.392 e. The maximum Gasteiger partial charge on any atom is 0.273 e. The fourth-order valence-corrected chi connectivity index (χ4v) is 4.85. The maximum absolute atomic E-state index is 14.2. The van der Waals surface area contributed by atoms with E-state index in [2.05, 4.69) is 15.4 Å². The Hall–Kier alpha value is -3.63. The Bertz CT molecular complexity index is 1280. The van der Waals surface area contributed by atoms with E-state index in [1.807, 2.05) is 37.3 Å². The first-order chi connectivity index (χ1) is 18.6. The van der Waals surface area contributed by atoms with E-state index in [1.54, 1.807) is 18.9 Å². The molecule has 4 atom stereocenters. The van der Waals surface area contributed by atoms with Crippen molar-refractivity contribution in [1.82, 2.24) is 20.3 Å². The number of nitrogens with zero attached hydrogens (tertiary/aromatic N) is 3. The SMILES string of the molecule is C[C@H](O)[C@@H](C)N1CC[C@H](NC(=O)c2cc(-c3ccc(F)cc3F)on2)[C@@H](C(=O)N(C)CCc2ccccc2)C1. The van der Waals surface area contributed by atoms with Crippen LogP contribution in [-0.2, 0) is 11.2 Å². The molecular weight excluding hydrogens is 506 g/mol. The van der Waals surface area contributed by atoms with E-state index < -0.39 is 35.6 Å². The molecule has 2 amide bonds. The first-order valence-electron chi connectivity index (χ1n) is 13.1. The van der Waals surface area contributed by atoms with E-state index in [-0.39, 0.29) is 29.0 Å². The van der Waals surface area contributed by atoms with Gasteiger partial charge in [0.25, 0.3) is 5.91 Å². The van der Waals surface area contributed by atoms with Crippen molar-refractivity contribution in [3.05, 3.63) is 77.5 Å². The Morgan fingerprint density at radius 2 is 1.92 bits per heavy atom. The number of halogens is 2. The molecule has 208 valence electrons. The fourth-order valence-electron chi connectivity index (χ4n) is 4.85. The number of benzene rings is 2. The molecule has 2 N–H and O–H groups in total. The summed E-state index contributed by atoms with van der Waals surface area (Å²) in [6.07, 6.45) is 0.605. The van der Waals surface area contributed by atoms with E-state index in [4.69, 9.17) is 4.52 Å². The number of likely N-dealkylation sites (tertiary alicyclic amines) is 1. The van der Waals surface area contributed by atoms with Crippen LogP contribution in [-0.4, -0.2) is 76.7 Å². The molecule has 3 aromatic rings. The van der Waals surface area contributed by atoms with Gasteiger partial charge in [-0.05, 0) is 44.4 Å². The van der Waals surface area contributed by atoms with Crippen molar-refractivity contribution < 1.29 is 28.0 Å². The van der Waals surface area contributed by atoms with E-state index in [9.17, 15) is 23.5 Å². The van der Waals surface area contributed by atoms with E-state index in [0.29, 0.717) is 32.5 Å². The smallest absolute Gasteiger partial charge is 0.273 e. The molecule has 39 heavy (non-hydrogen) atoms. The van der Waals surface area contributed by atoms with Gasteiger partial charge in [0.15, 0.2) is 11.5 Å². The van der Waals surface area contributed by atoms with E-state index in [0.717, 1.165) is 17.7 Å². The molecule has 0 saturated carbocycles. The molecule has 4 rings (SSSR count). The summed E-state index contributed by atoms with van der Waals surface area (Å²) in [4.78, 5) is 30.5. The first-order valence-corrected chi connectivity index (χ1v) is 13.1. The molecule has 0 spiro atoms. The molecule has 8 nitrogen and oxygen atoms in total. The monoisotopic (exact) mass is 540 g/mol. The average molecular weight is 541 g/mol. The van der Waals surface area contributed by atoms with Gasteiger partial charge in [-0.25, -0.2) is 8.78 Å². The largest absolute Gasteiger partial charge is 0.392 e. The number of carbonyl (C=O) groups is 2. The molecule has 0 bridgehead atoms. The van der Waals surface area contributed by atoms with Gasteiger partial charge in [0.05, 0.1) is 17.6 Å². The molecule has 0 aliphatic carbocycles. The predicted molar refractivity (Wildman–Crippen MR) is 142 cm³/mol. The highest BCUT2D eigenvalue weighted by molar-refractivity contribution is 5.94. The molecule has 0 radical (unpaired) electrons. The highest BCUT2D eigenvalue weighted by Crippen LogP contribution is 2.26. The van der Waals surface area contributed by atoms with Crippen molar-refractivity contribution in [2.75, 3.05) is 26.7 Å². The Kier molecular flexibility index (Phi) is 9.08. The fraction of sp³-hybridized carbons (Fsp3) is 0.414. The number of nitrogens with one attached hydrogen (secondary N) is 1. The number of piperidine rings is 1. The molecule has 2 heterocycles. The zero-order valence-corrected chi connectivity index (χ0v) is 22.3. The van der Waals surface area contributed by atoms with Crippen LogP contribution in [0.4, 0.5) is 8.78 Å². The zero-order valence-electron chi connectivity index (χ0n) is 22.3. The van der Waals surface area contributed by atoms with Crippen molar-refractivity contribution in [1.29, 1.82) is 0 Å². The van der Waals surface area contributed by atoms with Crippen LogP contribution in [0.25, 0.3) is 11.3 Å². The van der Waals surface area contributed by atoms with Gasteiger partial charge >= 0.3 is 0 Å². The summed E-state index contributed by atoms with van der Waals surface area (Å²) in [6.45, 7) is 5.10. The van der Waals surface area contributed by atoms with Gasteiger partial charge in [-0.3, -0.25) is 14.5 Å². The molecule has 0 unspecified atom stereocenters. The summed E-state index contributed by atoms with van der Waals surface area (Å²) in [5, 5.41) is 16.8. The lowest BCUT2D eigenvalue weighted by atomic mass is 9.89. The van der Waals surface area contributed by atoms with Crippen LogP contribution in [0, 0.1) is 17.6 Å². The van der Waals surface area contributed by atoms with E-state index in [1.165, 1.54) is 12.1 Å². The van der Waals surface area contributed by atoms with Crippen molar-refractivity contribution in [2.24, 2.45) is 5.92 Å². The summed E-state index contributed by atoms with van der Waals surface area (Å²) in [5.41, 5.74) is 1.03.